The number of hydrogen-bond donors (Lipinski definition) is 2. The lowest BCUT2D eigenvalue weighted by atomic mass is 9.68. The monoisotopic (exact) mass is 339 g/mol. The fourth-order valence-electron chi connectivity index (χ4n) is 3.79. The van der Waals surface area contributed by atoms with Crippen LogP contribution < -0.4 is 0 Å². The molecule has 3 aromatic heterocycles. The van der Waals surface area contributed by atoms with E-state index in [0.717, 1.165) is 29.2 Å². The zero-order chi connectivity index (χ0) is 17.4. The normalized spacial score (nSPS) is 18.6. The van der Waals surface area contributed by atoms with Gasteiger partial charge in [0.25, 0.3) is 0 Å². The van der Waals surface area contributed by atoms with Crippen LogP contribution in [0.5, 0.6) is 0 Å². The molecule has 0 spiro atoms. The summed E-state index contributed by atoms with van der Waals surface area (Å²) in [5.41, 5.74) is 5.29. The molecule has 1 aliphatic rings. The zero-order valence-corrected chi connectivity index (χ0v) is 14.1. The number of nitrogens with zero attached hydrogens (tertiary/aromatic N) is 3. The molecule has 0 aliphatic heterocycles. The summed E-state index contributed by atoms with van der Waals surface area (Å²) in [5.74, 6) is 0.781. The van der Waals surface area contributed by atoms with Crippen LogP contribution in [0.2, 0.25) is 0 Å². The fourth-order valence-corrected chi connectivity index (χ4v) is 3.79. The van der Waals surface area contributed by atoms with Gasteiger partial charge in [0.05, 0.1) is 0 Å². The summed E-state index contributed by atoms with van der Waals surface area (Å²) in [6.45, 7) is 0. The summed E-state index contributed by atoms with van der Waals surface area (Å²) in [7, 11) is 0. The van der Waals surface area contributed by atoms with Crippen LogP contribution in [0.15, 0.2) is 73.3 Å². The van der Waals surface area contributed by atoms with Crippen molar-refractivity contribution in [3.8, 4) is 11.5 Å². The van der Waals surface area contributed by atoms with Crippen molar-refractivity contribution in [2.24, 2.45) is 0 Å². The van der Waals surface area contributed by atoms with E-state index in [4.69, 9.17) is 0 Å². The van der Waals surface area contributed by atoms with Crippen LogP contribution in [0.1, 0.15) is 22.4 Å². The Kier molecular flexibility index (Phi) is 3.31. The van der Waals surface area contributed by atoms with Gasteiger partial charge in [-0.2, -0.15) is 5.10 Å². The molecular weight excluding hydrogens is 322 g/mol. The van der Waals surface area contributed by atoms with Gasteiger partial charge in [-0.05, 0) is 23.3 Å². The largest absolute Gasteiger partial charge is 0.343 e. The number of benzene rings is 1. The van der Waals surface area contributed by atoms with Crippen LogP contribution in [0, 0.1) is 0 Å². The molecule has 4 aromatic rings. The average molecular weight is 339 g/mol. The quantitative estimate of drug-likeness (QED) is 0.597. The van der Waals surface area contributed by atoms with Crippen LogP contribution >= 0.6 is 0 Å². The summed E-state index contributed by atoms with van der Waals surface area (Å²) in [6.07, 6.45) is 12.5. The van der Waals surface area contributed by atoms with Gasteiger partial charge in [-0.25, -0.2) is 4.98 Å². The van der Waals surface area contributed by atoms with Crippen molar-refractivity contribution in [1.82, 2.24) is 25.1 Å². The number of imidazole rings is 1. The van der Waals surface area contributed by atoms with E-state index in [-0.39, 0.29) is 5.41 Å². The van der Waals surface area contributed by atoms with Gasteiger partial charge in [0, 0.05) is 47.9 Å². The lowest BCUT2D eigenvalue weighted by molar-refractivity contribution is 0.619. The molecule has 26 heavy (non-hydrogen) atoms. The molecule has 126 valence electrons. The summed E-state index contributed by atoms with van der Waals surface area (Å²) in [5, 5.41) is 7.74. The lowest BCUT2D eigenvalue weighted by Crippen LogP contribution is -2.30. The first kappa shape index (κ1) is 14.8. The predicted octanol–water partition coefficient (Wildman–Crippen LogP) is 3.75. The van der Waals surface area contributed by atoms with Crippen LogP contribution in [0.3, 0.4) is 0 Å². The third kappa shape index (κ3) is 2.21. The highest BCUT2D eigenvalue weighted by Crippen LogP contribution is 2.42. The summed E-state index contributed by atoms with van der Waals surface area (Å²) in [6, 6.07) is 14.8. The van der Waals surface area contributed by atoms with Gasteiger partial charge in [-0.15, -0.1) is 0 Å². The van der Waals surface area contributed by atoms with Gasteiger partial charge in [0.1, 0.15) is 5.69 Å². The minimum Gasteiger partial charge on any atom is -0.343 e. The van der Waals surface area contributed by atoms with E-state index in [1.165, 1.54) is 11.1 Å². The molecule has 0 saturated carbocycles. The van der Waals surface area contributed by atoms with Gasteiger partial charge in [-0.3, -0.25) is 10.1 Å². The average Bonchev–Trinajstić information content (AvgIpc) is 3.38. The van der Waals surface area contributed by atoms with Crippen LogP contribution in [-0.4, -0.2) is 25.1 Å². The molecule has 0 amide bonds. The van der Waals surface area contributed by atoms with E-state index >= 15 is 0 Å². The lowest BCUT2D eigenvalue weighted by Gasteiger charge is -2.34. The molecule has 5 rings (SSSR count). The molecule has 1 aliphatic carbocycles. The number of pyridine rings is 1. The standard InChI is InChI=1S/C21H17N5/c1-2-4-15(5-3-1)21(16-7-10-22-11-8-16)9-6-17-18(14-21)25-26-19(17)20-23-12-13-24-20/h1-13H,14H2,(H,23,24)(H,25,26). The Balaban J connectivity index is 1.67. The molecule has 2 N–H and O–H groups in total. The maximum atomic E-state index is 4.51. The van der Waals surface area contributed by atoms with Gasteiger partial charge in [0.15, 0.2) is 5.82 Å². The van der Waals surface area contributed by atoms with E-state index in [1.54, 1.807) is 6.20 Å². The topological polar surface area (TPSA) is 70.2 Å². The van der Waals surface area contributed by atoms with E-state index in [0.29, 0.717) is 0 Å². The first-order chi connectivity index (χ1) is 12.9. The molecule has 1 atom stereocenters. The first-order valence-electron chi connectivity index (χ1n) is 8.59. The highest BCUT2D eigenvalue weighted by molar-refractivity contribution is 5.73. The Hall–Kier alpha value is -3.47. The van der Waals surface area contributed by atoms with E-state index in [2.05, 4.69) is 73.7 Å². The second-order valence-electron chi connectivity index (χ2n) is 6.49. The van der Waals surface area contributed by atoms with Crippen molar-refractivity contribution in [2.75, 3.05) is 0 Å². The van der Waals surface area contributed by atoms with Crippen LogP contribution in [0.4, 0.5) is 0 Å². The number of rotatable bonds is 3. The SMILES string of the molecule is C1=CC(c2ccccc2)(c2ccncc2)Cc2[nH]nc(-c3ncc[nH]3)c21. The summed E-state index contributed by atoms with van der Waals surface area (Å²) < 4.78 is 0. The Morgan fingerprint density at radius 1 is 0.923 bits per heavy atom. The predicted molar refractivity (Wildman–Crippen MR) is 100 cm³/mol. The maximum absolute atomic E-state index is 4.51. The van der Waals surface area contributed by atoms with Crippen LogP contribution in [0.25, 0.3) is 17.6 Å². The Morgan fingerprint density at radius 2 is 1.73 bits per heavy atom. The number of nitrogens with one attached hydrogen (secondary N) is 2. The molecule has 1 aromatic carbocycles. The van der Waals surface area contributed by atoms with Crippen molar-refractivity contribution in [1.29, 1.82) is 0 Å². The zero-order valence-electron chi connectivity index (χ0n) is 14.1. The molecular formula is C21H17N5. The van der Waals surface area contributed by atoms with Crippen molar-refractivity contribution < 1.29 is 0 Å². The smallest absolute Gasteiger partial charge is 0.158 e. The third-order valence-electron chi connectivity index (χ3n) is 5.08. The number of aromatic amines is 2. The van der Waals surface area contributed by atoms with Crippen molar-refractivity contribution in [3.05, 3.63) is 95.7 Å². The van der Waals surface area contributed by atoms with E-state index in [1.807, 2.05) is 24.7 Å². The second-order valence-corrected chi connectivity index (χ2v) is 6.49. The highest BCUT2D eigenvalue weighted by atomic mass is 15.1. The van der Waals surface area contributed by atoms with Gasteiger partial charge >= 0.3 is 0 Å². The minimum absolute atomic E-state index is 0.246. The van der Waals surface area contributed by atoms with Crippen molar-refractivity contribution in [2.45, 2.75) is 11.8 Å². The molecule has 0 bridgehead atoms. The highest BCUT2D eigenvalue weighted by Gasteiger charge is 2.36. The van der Waals surface area contributed by atoms with Crippen molar-refractivity contribution >= 4 is 6.08 Å². The first-order valence-corrected chi connectivity index (χ1v) is 8.59. The summed E-state index contributed by atoms with van der Waals surface area (Å²) in [4.78, 5) is 11.7. The molecule has 5 nitrogen and oxygen atoms in total. The Bertz CT molecular complexity index is 1010. The second kappa shape index (κ2) is 5.81. The molecule has 0 radical (unpaired) electrons. The van der Waals surface area contributed by atoms with Crippen LogP contribution in [-0.2, 0) is 11.8 Å². The fraction of sp³-hybridized carbons (Fsp3) is 0.0952. The van der Waals surface area contributed by atoms with E-state index in [9.17, 15) is 0 Å². The molecule has 0 saturated heterocycles. The van der Waals surface area contributed by atoms with E-state index < -0.39 is 0 Å². The number of allylic oxidation sites excluding steroid dienone is 1. The molecule has 3 heterocycles. The number of hydrogen-bond acceptors (Lipinski definition) is 3. The number of aromatic nitrogens is 5. The number of fused-ring (bicyclic) bond motifs is 1. The minimum atomic E-state index is -0.246. The van der Waals surface area contributed by atoms with Gasteiger partial charge in [-0.1, -0.05) is 42.5 Å². The third-order valence-corrected chi connectivity index (χ3v) is 5.08. The molecule has 1 unspecified atom stereocenters. The van der Waals surface area contributed by atoms with Gasteiger partial charge in [0.2, 0.25) is 0 Å². The number of H-pyrrole nitrogens is 2. The maximum Gasteiger partial charge on any atom is 0.158 e. The molecule has 5 heteroatoms. The Morgan fingerprint density at radius 3 is 2.50 bits per heavy atom. The molecule has 0 fully saturated rings. The summed E-state index contributed by atoms with van der Waals surface area (Å²) >= 11 is 0. The van der Waals surface area contributed by atoms with Crippen molar-refractivity contribution in [3.63, 3.8) is 0 Å². The van der Waals surface area contributed by atoms with Gasteiger partial charge < -0.3 is 4.98 Å². The Labute approximate surface area is 150 Å².